The predicted molar refractivity (Wildman–Crippen MR) is 68.4 cm³/mol. The van der Waals surface area contributed by atoms with E-state index in [1.165, 1.54) is 45.3 Å². The summed E-state index contributed by atoms with van der Waals surface area (Å²) in [5.41, 5.74) is 5.78. The Morgan fingerprint density at radius 2 is 1.88 bits per heavy atom. The Kier molecular flexibility index (Phi) is 4.22. The van der Waals surface area contributed by atoms with Crippen molar-refractivity contribution in [1.82, 2.24) is 9.80 Å². The van der Waals surface area contributed by atoms with Crippen molar-refractivity contribution >= 4 is 0 Å². The molecule has 1 saturated heterocycles. The smallest absolute Gasteiger partial charge is 0.0133 e. The van der Waals surface area contributed by atoms with Gasteiger partial charge in [-0.2, -0.15) is 0 Å². The maximum Gasteiger partial charge on any atom is 0.0133 e. The molecule has 16 heavy (non-hydrogen) atoms. The van der Waals surface area contributed by atoms with Crippen LogP contribution < -0.4 is 5.73 Å². The molecule has 0 radical (unpaired) electrons. The van der Waals surface area contributed by atoms with Gasteiger partial charge in [0.1, 0.15) is 0 Å². The van der Waals surface area contributed by atoms with Crippen LogP contribution in [-0.2, 0) is 0 Å². The van der Waals surface area contributed by atoms with Crippen LogP contribution in [0.15, 0.2) is 0 Å². The molecule has 2 rings (SSSR count). The van der Waals surface area contributed by atoms with Crippen LogP contribution in [0.5, 0.6) is 0 Å². The largest absolute Gasteiger partial charge is 0.330 e. The first kappa shape index (κ1) is 12.3. The fourth-order valence-electron chi connectivity index (χ4n) is 3.19. The van der Waals surface area contributed by atoms with E-state index in [-0.39, 0.29) is 0 Å². The lowest BCUT2D eigenvalue weighted by molar-refractivity contribution is 0.0640. The zero-order valence-electron chi connectivity index (χ0n) is 10.9. The quantitative estimate of drug-likeness (QED) is 0.775. The third-order valence-electron chi connectivity index (χ3n) is 4.63. The Morgan fingerprint density at radius 3 is 2.38 bits per heavy atom. The Morgan fingerprint density at radius 1 is 1.19 bits per heavy atom. The van der Waals surface area contributed by atoms with E-state index in [9.17, 15) is 0 Å². The Bertz CT molecular complexity index is 209. The first-order valence-electron chi connectivity index (χ1n) is 6.79. The molecule has 2 aliphatic rings. The van der Waals surface area contributed by atoms with E-state index in [4.69, 9.17) is 5.73 Å². The van der Waals surface area contributed by atoms with E-state index in [0.717, 1.165) is 24.4 Å². The van der Waals surface area contributed by atoms with Crippen LogP contribution >= 0.6 is 0 Å². The van der Waals surface area contributed by atoms with Crippen molar-refractivity contribution in [1.29, 1.82) is 0 Å². The maximum absolute atomic E-state index is 5.78. The Hall–Kier alpha value is -0.120. The monoisotopic (exact) mass is 225 g/mol. The van der Waals surface area contributed by atoms with E-state index in [2.05, 4.69) is 23.9 Å². The number of hydrogen-bond acceptors (Lipinski definition) is 3. The van der Waals surface area contributed by atoms with Gasteiger partial charge in [0.05, 0.1) is 0 Å². The highest BCUT2D eigenvalue weighted by Gasteiger charge is 2.33. The Labute approximate surface area is 100.0 Å². The van der Waals surface area contributed by atoms with Gasteiger partial charge in [-0.15, -0.1) is 0 Å². The average Bonchev–Trinajstić information content (AvgIpc) is 2.20. The molecular formula is C13H27N3. The lowest BCUT2D eigenvalue weighted by Gasteiger charge is -2.44. The summed E-state index contributed by atoms with van der Waals surface area (Å²) < 4.78 is 0. The summed E-state index contributed by atoms with van der Waals surface area (Å²) in [6.07, 6.45) is 5.46. The highest BCUT2D eigenvalue weighted by Crippen LogP contribution is 2.31. The van der Waals surface area contributed by atoms with Gasteiger partial charge in [-0.05, 0) is 71.2 Å². The lowest BCUT2D eigenvalue weighted by atomic mass is 9.78. The molecule has 0 aromatic heterocycles. The van der Waals surface area contributed by atoms with Gasteiger partial charge < -0.3 is 15.5 Å². The van der Waals surface area contributed by atoms with E-state index in [1.54, 1.807) is 0 Å². The maximum atomic E-state index is 5.78. The number of nitrogens with two attached hydrogens (primary N) is 1. The summed E-state index contributed by atoms with van der Waals surface area (Å²) in [5, 5.41) is 0. The molecular weight excluding hydrogens is 198 g/mol. The first-order chi connectivity index (χ1) is 7.70. The third-order valence-corrected chi connectivity index (χ3v) is 4.63. The van der Waals surface area contributed by atoms with Gasteiger partial charge in [-0.3, -0.25) is 0 Å². The number of hydrogen-bond donors (Lipinski definition) is 1. The second-order valence-electron chi connectivity index (χ2n) is 5.83. The van der Waals surface area contributed by atoms with Crippen molar-refractivity contribution in [2.24, 2.45) is 17.6 Å². The van der Waals surface area contributed by atoms with Crippen LogP contribution in [0, 0.1) is 11.8 Å². The van der Waals surface area contributed by atoms with Gasteiger partial charge in [-0.25, -0.2) is 0 Å². The number of likely N-dealkylation sites (tertiary alicyclic amines) is 1. The van der Waals surface area contributed by atoms with Crippen LogP contribution in [0.25, 0.3) is 0 Å². The molecule has 2 unspecified atom stereocenters. The second-order valence-corrected chi connectivity index (χ2v) is 5.83. The molecule has 1 heterocycles. The lowest BCUT2D eigenvalue weighted by Crippen LogP contribution is -2.50. The van der Waals surface area contributed by atoms with E-state index in [1.807, 2.05) is 0 Å². The zero-order valence-corrected chi connectivity index (χ0v) is 10.9. The number of nitrogens with zero attached hydrogens (tertiary/aromatic N) is 2. The molecule has 1 saturated carbocycles. The van der Waals surface area contributed by atoms with Crippen molar-refractivity contribution < 1.29 is 0 Å². The molecule has 2 N–H and O–H groups in total. The molecule has 1 aliphatic heterocycles. The highest BCUT2D eigenvalue weighted by atomic mass is 15.2. The highest BCUT2D eigenvalue weighted by molar-refractivity contribution is 4.89. The molecule has 0 bridgehead atoms. The molecule has 2 atom stereocenters. The van der Waals surface area contributed by atoms with Crippen molar-refractivity contribution in [3.8, 4) is 0 Å². The minimum absolute atomic E-state index is 0.774. The van der Waals surface area contributed by atoms with Crippen LogP contribution in [0.2, 0.25) is 0 Å². The Balaban J connectivity index is 1.72. The van der Waals surface area contributed by atoms with Crippen LogP contribution in [0.3, 0.4) is 0 Å². The summed E-state index contributed by atoms with van der Waals surface area (Å²) >= 11 is 0. The molecule has 94 valence electrons. The van der Waals surface area contributed by atoms with Gasteiger partial charge in [0.25, 0.3) is 0 Å². The fraction of sp³-hybridized carbons (Fsp3) is 1.00. The third kappa shape index (κ3) is 2.76. The van der Waals surface area contributed by atoms with Gasteiger partial charge >= 0.3 is 0 Å². The van der Waals surface area contributed by atoms with Crippen LogP contribution in [-0.4, -0.2) is 56.1 Å². The van der Waals surface area contributed by atoms with Crippen molar-refractivity contribution in [3.63, 3.8) is 0 Å². The summed E-state index contributed by atoms with van der Waals surface area (Å²) in [6.45, 7) is 4.73. The van der Waals surface area contributed by atoms with Gasteiger partial charge in [0, 0.05) is 12.6 Å². The second kappa shape index (κ2) is 5.48. The summed E-state index contributed by atoms with van der Waals surface area (Å²) in [6, 6.07) is 0.782. The van der Waals surface area contributed by atoms with Crippen molar-refractivity contribution in [2.75, 3.05) is 40.3 Å². The minimum atomic E-state index is 0.774. The fourth-order valence-corrected chi connectivity index (χ4v) is 3.19. The topological polar surface area (TPSA) is 32.5 Å². The summed E-state index contributed by atoms with van der Waals surface area (Å²) in [5.74, 6) is 1.69. The van der Waals surface area contributed by atoms with Crippen LogP contribution in [0.1, 0.15) is 25.7 Å². The molecule has 2 fully saturated rings. The molecule has 1 aliphatic carbocycles. The van der Waals surface area contributed by atoms with E-state index >= 15 is 0 Å². The number of rotatable bonds is 4. The van der Waals surface area contributed by atoms with Crippen molar-refractivity contribution in [2.45, 2.75) is 31.7 Å². The predicted octanol–water partition coefficient (Wildman–Crippen LogP) is 0.997. The van der Waals surface area contributed by atoms with Gasteiger partial charge in [0.15, 0.2) is 0 Å². The normalized spacial score (nSPS) is 33.0. The minimum Gasteiger partial charge on any atom is -0.330 e. The zero-order chi connectivity index (χ0) is 11.5. The standard InChI is InChI=1S/C13H27N3/c1-15-7-5-11(6-8-15)10-16(2)13-4-3-12(13)9-14/h11-13H,3-10,14H2,1-2H3. The van der Waals surface area contributed by atoms with Gasteiger partial charge in [-0.1, -0.05) is 0 Å². The molecule has 0 spiro atoms. The molecule has 3 nitrogen and oxygen atoms in total. The summed E-state index contributed by atoms with van der Waals surface area (Å²) in [4.78, 5) is 5.03. The van der Waals surface area contributed by atoms with Crippen LogP contribution in [0.4, 0.5) is 0 Å². The summed E-state index contributed by atoms with van der Waals surface area (Å²) in [7, 11) is 4.53. The molecule has 0 amide bonds. The SMILES string of the molecule is CN1CCC(CN(C)C2CCC2CN)CC1. The first-order valence-corrected chi connectivity index (χ1v) is 6.79. The average molecular weight is 225 g/mol. The van der Waals surface area contributed by atoms with E-state index in [0.29, 0.717) is 0 Å². The number of piperidine rings is 1. The van der Waals surface area contributed by atoms with E-state index < -0.39 is 0 Å². The molecule has 0 aromatic carbocycles. The van der Waals surface area contributed by atoms with Crippen molar-refractivity contribution in [3.05, 3.63) is 0 Å². The van der Waals surface area contributed by atoms with Gasteiger partial charge in [0.2, 0.25) is 0 Å². The molecule has 0 aromatic rings. The molecule has 3 heteroatoms.